The molecule has 1 amide bonds. The second-order valence-corrected chi connectivity index (χ2v) is 6.08. The van der Waals surface area contributed by atoms with E-state index in [1.807, 2.05) is 24.3 Å². The maximum atomic E-state index is 12.5. The van der Waals surface area contributed by atoms with Gasteiger partial charge in [0.25, 0.3) is 5.91 Å². The zero-order chi connectivity index (χ0) is 17.5. The third-order valence-electron chi connectivity index (χ3n) is 3.46. The molecule has 1 aromatic rings. The average molecular weight is 348 g/mol. The molecule has 0 unspecified atom stereocenters. The molecule has 0 saturated carbocycles. The van der Waals surface area contributed by atoms with Crippen molar-refractivity contribution in [2.45, 2.75) is 4.90 Å². The zero-order valence-corrected chi connectivity index (χ0v) is 14.3. The standard InChI is InChI=1S/C17H20N2O4S/c1-3-10-24-14-7-5-4-6-13(14)18-15-12(17(22)23-2)11-19(8-9-20)16(15)21/h3-7,18,20H,1,8-11H2,2H3. The van der Waals surface area contributed by atoms with Crippen LogP contribution < -0.4 is 5.32 Å². The highest BCUT2D eigenvalue weighted by Gasteiger charge is 2.34. The number of carbonyl (C=O) groups excluding carboxylic acids is 2. The van der Waals surface area contributed by atoms with E-state index in [0.29, 0.717) is 0 Å². The lowest BCUT2D eigenvalue weighted by atomic mass is 10.2. The molecule has 0 saturated heterocycles. The van der Waals surface area contributed by atoms with Crippen molar-refractivity contribution < 1.29 is 19.4 Å². The summed E-state index contributed by atoms with van der Waals surface area (Å²) in [6.07, 6.45) is 1.80. The number of thioether (sulfide) groups is 1. The molecule has 1 aromatic carbocycles. The van der Waals surface area contributed by atoms with Crippen LogP contribution in [0.15, 0.2) is 53.1 Å². The maximum absolute atomic E-state index is 12.5. The number of β-amino-alcohol motifs (C(OH)–C–C–N with tert-alkyl or cyclic N) is 1. The van der Waals surface area contributed by atoms with Gasteiger partial charge in [-0.2, -0.15) is 0 Å². The molecule has 0 aliphatic carbocycles. The number of para-hydroxylation sites is 1. The minimum absolute atomic E-state index is 0.121. The summed E-state index contributed by atoms with van der Waals surface area (Å²) in [5.74, 6) is -0.151. The lowest BCUT2D eigenvalue weighted by Crippen LogP contribution is -2.31. The van der Waals surface area contributed by atoms with Crippen LogP contribution in [-0.2, 0) is 14.3 Å². The summed E-state index contributed by atoms with van der Waals surface area (Å²) in [4.78, 5) is 26.9. The summed E-state index contributed by atoms with van der Waals surface area (Å²) in [5.41, 5.74) is 1.20. The molecular formula is C17H20N2O4S. The van der Waals surface area contributed by atoms with Crippen LogP contribution in [0.25, 0.3) is 0 Å². The van der Waals surface area contributed by atoms with E-state index in [9.17, 15) is 9.59 Å². The van der Waals surface area contributed by atoms with E-state index in [1.54, 1.807) is 17.8 Å². The summed E-state index contributed by atoms with van der Waals surface area (Å²) >= 11 is 1.57. The van der Waals surface area contributed by atoms with Crippen LogP contribution in [0.1, 0.15) is 0 Å². The highest BCUT2D eigenvalue weighted by Crippen LogP contribution is 2.30. The highest BCUT2D eigenvalue weighted by molar-refractivity contribution is 7.99. The largest absolute Gasteiger partial charge is 0.466 e. The first-order chi connectivity index (χ1) is 11.6. The van der Waals surface area contributed by atoms with E-state index in [1.165, 1.54) is 12.0 Å². The second kappa shape index (κ2) is 8.56. The number of anilines is 1. The first kappa shape index (κ1) is 18.1. The van der Waals surface area contributed by atoms with Gasteiger partial charge in [0, 0.05) is 17.2 Å². The quantitative estimate of drug-likeness (QED) is 0.422. The summed E-state index contributed by atoms with van der Waals surface area (Å²) < 4.78 is 4.78. The number of ether oxygens (including phenoxy) is 1. The lowest BCUT2D eigenvalue weighted by Gasteiger charge is -2.15. The summed E-state index contributed by atoms with van der Waals surface area (Å²) in [5, 5.41) is 12.2. The van der Waals surface area contributed by atoms with E-state index < -0.39 is 5.97 Å². The third kappa shape index (κ3) is 3.98. The molecule has 0 spiro atoms. The second-order valence-electron chi connectivity index (χ2n) is 5.02. The first-order valence-corrected chi connectivity index (χ1v) is 8.42. The van der Waals surface area contributed by atoms with Gasteiger partial charge in [0.15, 0.2) is 0 Å². The number of nitrogens with one attached hydrogen (secondary N) is 1. The van der Waals surface area contributed by atoms with Crippen molar-refractivity contribution in [3.63, 3.8) is 0 Å². The number of amides is 1. The van der Waals surface area contributed by atoms with Gasteiger partial charge in [-0.3, -0.25) is 4.79 Å². The molecule has 24 heavy (non-hydrogen) atoms. The number of carbonyl (C=O) groups is 2. The van der Waals surface area contributed by atoms with Gasteiger partial charge in [0.05, 0.1) is 31.5 Å². The Kier molecular flexibility index (Phi) is 6.45. The van der Waals surface area contributed by atoms with Crippen LogP contribution in [0, 0.1) is 0 Å². The SMILES string of the molecule is C=CCSc1ccccc1NC1=C(C(=O)OC)CN(CCO)C1=O. The Hall–Kier alpha value is -2.25. The number of rotatable bonds is 8. The minimum Gasteiger partial charge on any atom is -0.466 e. The Morgan fingerprint density at radius 3 is 2.92 bits per heavy atom. The van der Waals surface area contributed by atoms with Gasteiger partial charge in [0.1, 0.15) is 5.70 Å². The Morgan fingerprint density at radius 2 is 2.25 bits per heavy atom. The Bertz CT molecular complexity index is 672. The van der Waals surface area contributed by atoms with Crippen LogP contribution in [0.4, 0.5) is 5.69 Å². The lowest BCUT2D eigenvalue weighted by molar-refractivity contribution is -0.136. The zero-order valence-electron chi connectivity index (χ0n) is 13.4. The Morgan fingerprint density at radius 1 is 1.50 bits per heavy atom. The van der Waals surface area contributed by atoms with E-state index in [4.69, 9.17) is 9.84 Å². The smallest absolute Gasteiger partial charge is 0.337 e. The monoisotopic (exact) mass is 348 g/mol. The van der Waals surface area contributed by atoms with Crippen molar-refractivity contribution in [1.29, 1.82) is 0 Å². The van der Waals surface area contributed by atoms with Gasteiger partial charge in [-0.15, -0.1) is 18.3 Å². The van der Waals surface area contributed by atoms with Crippen molar-refractivity contribution in [3.05, 3.63) is 48.2 Å². The fraction of sp³-hybridized carbons (Fsp3) is 0.294. The van der Waals surface area contributed by atoms with Gasteiger partial charge in [-0.05, 0) is 12.1 Å². The highest BCUT2D eigenvalue weighted by atomic mass is 32.2. The van der Waals surface area contributed by atoms with Gasteiger partial charge in [0.2, 0.25) is 0 Å². The van der Waals surface area contributed by atoms with Crippen molar-refractivity contribution in [2.24, 2.45) is 0 Å². The van der Waals surface area contributed by atoms with E-state index in [2.05, 4.69) is 11.9 Å². The van der Waals surface area contributed by atoms with Crippen LogP contribution in [0.2, 0.25) is 0 Å². The van der Waals surface area contributed by atoms with Gasteiger partial charge in [-0.25, -0.2) is 4.79 Å². The van der Waals surface area contributed by atoms with Crippen LogP contribution in [-0.4, -0.2) is 54.4 Å². The average Bonchev–Trinajstić information content (AvgIpc) is 2.90. The molecule has 0 atom stereocenters. The van der Waals surface area contributed by atoms with Gasteiger partial charge >= 0.3 is 5.97 Å². The third-order valence-corrected chi connectivity index (χ3v) is 4.53. The molecular weight excluding hydrogens is 328 g/mol. The fourth-order valence-corrected chi connectivity index (χ4v) is 3.07. The number of aliphatic hydroxyl groups excluding tert-OH is 1. The van der Waals surface area contributed by atoms with Crippen molar-refractivity contribution in [3.8, 4) is 0 Å². The topological polar surface area (TPSA) is 78.9 Å². The number of esters is 1. The van der Waals surface area contributed by atoms with Crippen molar-refractivity contribution in [2.75, 3.05) is 37.9 Å². The number of hydrogen-bond acceptors (Lipinski definition) is 6. The summed E-state index contributed by atoms with van der Waals surface area (Å²) in [7, 11) is 1.28. The minimum atomic E-state index is -0.553. The molecule has 1 heterocycles. The number of benzene rings is 1. The normalized spacial score (nSPS) is 14.1. The van der Waals surface area contributed by atoms with Crippen LogP contribution >= 0.6 is 11.8 Å². The molecule has 0 fully saturated rings. The Balaban J connectivity index is 2.32. The molecule has 2 rings (SSSR count). The molecule has 0 aromatic heterocycles. The predicted octanol–water partition coefficient (Wildman–Crippen LogP) is 1.64. The molecule has 1 aliphatic rings. The van der Waals surface area contributed by atoms with Gasteiger partial charge < -0.3 is 20.1 Å². The summed E-state index contributed by atoms with van der Waals surface area (Å²) in [6.45, 7) is 3.82. The van der Waals surface area contributed by atoms with Crippen LogP contribution in [0.5, 0.6) is 0 Å². The molecule has 1 aliphatic heterocycles. The number of nitrogens with zero attached hydrogens (tertiary/aromatic N) is 1. The fourth-order valence-electron chi connectivity index (χ4n) is 2.33. The van der Waals surface area contributed by atoms with Crippen molar-refractivity contribution >= 4 is 29.3 Å². The molecule has 0 bridgehead atoms. The molecule has 0 radical (unpaired) electrons. The van der Waals surface area contributed by atoms with Crippen molar-refractivity contribution in [1.82, 2.24) is 4.90 Å². The number of methoxy groups -OCH3 is 1. The van der Waals surface area contributed by atoms with Crippen LogP contribution in [0.3, 0.4) is 0 Å². The molecule has 2 N–H and O–H groups in total. The summed E-state index contributed by atoms with van der Waals surface area (Å²) in [6, 6.07) is 7.53. The van der Waals surface area contributed by atoms with E-state index >= 15 is 0 Å². The predicted molar refractivity (Wildman–Crippen MR) is 93.7 cm³/mol. The molecule has 128 valence electrons. The van der Waals surface area contributed by atoms with E-state index in [-0.39, 0.29) is 36.9 Å². The number of hydrogen-bond donors (Lipinski definition) is 2. The Labute approximate surface area is 145 Å². The van der Waals surface area contributed by atoms with Gasteiger partial charge in [-0.1, -0.05) is 18.2 Å². The van der Waals surface area contributed by atoms with E-state index in [0.717, 1.165) is 16.3 Å². The molecule has 6 nitrogen and oxygen atoms in total. The maximum Gasteiger partial charge on any atom is 0.337 e. The number of aliphatic hydroxyl groups is 1. The first-order valence-electron chi connectivity index (χ1n) is 7.43. The molecule has 7 heteroatoms.